The molecule has 0 saturated carbocycles. The lowest BCUT2D eigenvalue weighted by Gasteiger charge is -2.22. The second-order valence-corrected chi connectivity index (χ2v) is 7.27. The molecule has 27 heavy (non-hydrogen) atoms. The van der Waals surface area contributed by atoms with E-state index in [1.54, 1.807) is 17.5 Å². The highest BCUT2D eigenvalue weighted by Crippen LogP contribution is 2.23. The third kappa shape index (κ3) is 4.64. The summed E-state index contributed by atoms with van der Waals surface area (Å²) in [4.78, 5) is 38.8. The van der Waals surface area contributed by atoms with Gasteiger partial charge in [0.25, 0.3) is 11.8 Å². The summed E-state index contributed by atoms with van der Waals surface area (Å²) in [5.74, 6) is -2.02. The Bertz CT molecular complexity index is 859. The topological polar surface area (TPSA) is 75.7 Å². The Morgan fingerprint density at radius 1 is 1.33 bits per heavy atom. The lowest BCUT2D eigenvalue weighted by molar-refractivity contribution is -0.151. The van der Waals surface area contributed by atoms with Gasteiger partial charge in [-0.25, -0.2) is 9.18 Å². The van der Waals surface area contributed by atoms with Crippen LogP contribution in [0.25, 0.3) is 0 Å². The zero-order valence-corrected chi connectivity index (χ0v) is 15.7. The van der Waals surface area contributed by atoms with Gasteiger partial charge in [-0.3, -0.25) is 9.59 Å². The van der Waals surface area contributed by atoms with Crippen LogP contribution < -0.4 is 5.32 Å². The second-order valence-electron chi connectivity index (χ2n) is 5.92. The Balaban J connectivity index is 1.54. The van der Waals surface area contributed by atoms with Gasteiger partial charge >= 0.3 is 5.97 Å². The molecule has 0 aliphatic carbocycles. The van der Waals surface area contributed by atoms with Gasteiger partial charge in [-0.2, -0.15) is 0 Å². The van der Waals surface area contributed by atoms with E-state index in [1.165, 1.54) is 28.4 Å². The average Bonchev–Trinajstić information content (AvgIpc) is 3.34. The fraction of sp³-hybridized carbons (Fsp3) is 0.278. The summed E-state index contributed by atoms with van der Waals surface area (Å²) < 4.78 is 18.2. The predicted octanol–water partition coefficient (Wildman–Crippen LogP) is 3.33. The van der Waals surface area contributed by atoms with Crippen LogP contribution in [0.5, 0.6) is 0 Å². The van der Waals surface area contributed by atoms with Crippen molar-refractivity contribution in [1.82, 2.24) is 4.90 Å². The van der Waals surface area contributed by atoms with Crippen molar-refractivity contribution in [3.05, 3.63) is 51.4 Å². The number of esters is 1. The molecule has 0 bridgehead atoms. The van der Waals surface area contributed by atoms with Gasteiger partial charge in [0, 0.05) is 12.2 Å². The van der Waals surface area contributed by atoms with Crippen LogP contribution in [0.15, 0.2) is 35.7 Å². The Morgan fingerprint density at radius 3 is 2.85 bits per heavy atom. The van der Waals surface area contributed by atoms with E-state index in [9.17, 15) is 18.8 Å². The van der Waals surface area contributed by atoms with E-state index in [0.717, 1.165) is 6.07 Å². The fourth-order valence-electron chi connectivity index (χ4n) is 2.80. The number of thiophene rings is 1. The number of benzene rings is 1. The zero-order chi connectivity index (χ0) is 19.4. The highest BCUT2D eigenvalue weighted by atomic mass is 35.5. The molecule has 1 fully saturated rings. The molecule has 142 valence electrons. The summed E-state index contributed by atoms with van der Waals surface area (Å²) in [5, 5.41) is 4.13. The van der Waals surface area contributed by atoms with Gasteiger partial charge in [0.1, 0.15) is 11.9 Å². The maximum Gasteiger partial charge on any atom is 0.329 e. The summed E-state index contributed by atoms with van der Waals surface area (Å²) in [5.41, 5.74) is 0.290. The maximum absolute atomic E-state index is 13.1. The summed E-state index contributed by atoms with van der Waals surface area (Å²) >= 11 is 6.96. The Labute approximate surface area is 163 Å². The molecular weight excluding hydrogens is 395 g/mol. The molecule has 2 heterocycles. The average molecular weight is 411 g/mol. The van der Waals surface area contributed by atoms with Crippen molar-refractivity contribution in [3.8, 4) is 0 Å². The van der Waals surface area contributed by atoms with Gasteiger partial charge in [-0.1, -0.05) is 17.7 Å². The molecule has 1 saturated heterocycles. The minimum absolute atomic E-state index is 0.126. The molecule has 9 heteroatoms. The first-order chi connectivity index (χ1) is 13.0. The number of hydrogen-bond donors (Lipinski definition) is 1. The van der Waals surface area contributed by atoms with Gasteiger partial charge in [-0.15, -0.1) is 11.3 Å². The molecule has 1 N–H and O–H groups in total. The molecule has 0 radical (unpaired) electrons. The molecule has 3 rings (SSSR count). The first-order valence-corrected chi connectivity index (χ1v) is 9.47. The smallest absolute Gasteiger partial charge is 0.329 e. The monoisotopic (exact) mass is 410 g/mol. The number of nitrogens with one attached hydrogen (secondary N) is 1. The first kappa shape index (κ1) is 19.3. The van der Waals surface area contributed by atoms with E-state index >= 15 is 0 Å². The first-order valence-electron chi connectivity index (χ1n) is 8.21. The van der Waals surface area contributed by atoms with E-state index in [4.69, 9.17) is 16.3 Å². The minimum Gasteiger partial charge on any atom is -0.454 e. The molecule has 2 amide bonds. The SMILES string of the molecule is O=C(COC(=O)[C@@H]1CCCN1C(=O)c1cccs1)Nc1ccc(F)c(Cl)c1. The molecule has 1 aromatic carbocycles. The molecule has 0 unspecified atom stereocenters. The lowest BCUT2D eigenvalue weighted by atomic mass is 10.2. The summed E-state index contributed by atoms with van der Waals surface area (Å²) in [7, 11) is 0. The van der Waals surface area contributed by atoms with Gasteiger partial charge in [-0.05, 0) is 42.5 Å². The molecule has 1 atom stereocenters. The molecule has 0 spiro atoms. The van der Waals surface area contributed by atoms with Crippen LogP contribution >= 0.6 is 22.9 Å². The zero-order valence-electron chi connectivity index (χ0n) is 14.1. The lowest BCUT2D eigenvalue weighted by Crippen LogP contribution is -2.41. The quantitative estimate of drug-likeness (QED) is 0.767. The Hall–Kier alpha value is -2.45. The molecule has 1 aliphatic rings. The van der Waals surface area contributed by atoms with Crippen molar-refractivity contribution in [3.63, 3.8) is 0 Å². The third-order valence-electron chi connectivity index (χ3n) is 4.07. The Morgan fingerprint density at radius 2 is 2.15 bits per heavy atom. The van der Waals surface area contributed by atoms with Crippen LogP contribution in [0.1, 0.15) is 22.5 Å². The maximum atomic E-state index is 13.1. The van der Waals surface area contributed by atoms with Crippen LogP contribution in [-0.2, 0) is 14.3 Å². The van der Waals surface area contributed by atoms with Crippen LogP contribution in [0.3, 0.4) is 0 Å². The van der Waals surface area contributed by atoms with E-state index in [-0.39, 0.29) is 16.6 Å². The Kier molecular flexibility index (Phi) is 6.08. The number of nitrogens with zero attached hydrogens (tertiary/aromatic N) is 1. The van der Waals surface area contributed by atoms with Crippen molar-refractivity contribution in [1.29, 1.82) is 0 Å². The predicted molar refractivity (Wildman–Crippen MR) is 99.4 cm³/mol. The highest BCUT2D eigenvalue weighted by Gasteiger charge is 2.36. The standard InChI is InChI=1S/C18H16ClFN2O4S/c19-12-9-11(5-6-13(12)20)21-16(23)10-26-18(25)14-3-1-7-22(14)17(24)15-4-2-8-27-15/h2,4-6,8-9,14H,1,3,7,10H2,(H,21,23)/t14-/m0/s1. The number of carbonyl (C=O) groups is 3. The molecular formula is C18H16ClFN2O4S. The second kappa shape index (κ2) is 8.49. The van der Waals surface area contributed by atoms with Gasteiger partial charge in [0.15, 0.2) is 6.61 Å². The number of ether oxygens (including phenoxy) is 1. The summed E-state index contributed by atoms with van der Waals surface area (Å²) in [6.45, 7) is -0.0395. The molecule has 1 aliphatic heterocycles. The van der Waals surface area contributed by atoms with Crippen LogP contribution in [0.4, 0.5) is 10.1 Å². The van der Waals surface area contributed by atoms with Crippen molar-refractivity contribution < 1.29 is 23.5 Å². The molecule has 2 aromatic rings. The van der Waals surface area contributed by atoms with Gasteiger partial charge < -0.3 is 15.0 Å². The minimum atomic E-state index is -0.701. The van der Waals surface area contributed by atoms with E-state index in [2.05, 4.69) is 5.32 Å². The number of halogens is 2. The van der Waals surface area contributed by atoms with E-state index < -0.39 is 30.3 Å². The van der Waals surface area contributed by atoms with Crippen LogP contribution in [-0.4, -0.2) is 41.9 Å². The number of amides is 2. The number of rotatable bonds is 5. The number of anilines is 1. The van der Waals surface area contributed by atoms with E-state index in [0.29, 0.717) is 24.3 Å². The number of likely N-dealkylation sites (tertiary alicyclic amines) is 1. The van der Waals surface area contributed by atoms with Gasteiger partial charge in [0.2, 0.25) is 0 Å². The van der Waals surface area contributed by atoms with Gasteiger partial charge in [0.05, 0.1) is 9.90 Å². The van der Waals surface area contributed by atoms with E-state index in [1.807, 2.05) is 0 Å². The summed E-state index contributed by atoms with van der Waals surface area (Å²) in [6.07, 6.45) is 1.18. The van der Waals surface area contributed by atoms with Crippen molar-refractivity contribution >= 4 is 46.4 Å². The highest BCUT2D eigenvalue weighted by molar-refractivity contribution is 7.12. The molecule has 1 aromatic heterocycles. The summed E-state index contributed by atoms with van der Waals surface area (Å²) in [6, 6.07) is 6.50. The van der Waals surface area contributed by atoms with Crippen molar-refractivity contribution in [2.24, 2.45) is 0 Å². The van der Waals surface area contributed by atoms with Crippen LogP contribution in [0.2, 0.25) is 5.02 Å². The number of carbonyl (C=O) groups excluding carboxylic acids is 3. The molecule has 6 nitrogen and oxygen atoms in total. The number of hydrogen-bond acceptors (Lipinski definition) is 5. The van der Waals surface area contributed by atoms with Crippen molar-refractivity contribution in [2.75, 3.05) is 18.5 Å². The largest absolute Gasteiger partial charge is 0.454 e. The van der Waals surface area contributed by atoms with Crippen molar-refractivity contribution in [2.45, 2.75) is 18.9 Å². The van der Waals surface area contributed by atoms with Crippen LogP contribution in [0, 0.1) is 5.82 Å². The third-order valence-corrected chi connectivity index (χ3v) is 5.21. The fourth-order valence-corrected chi connectivity index (χ4v) is 3.66. The normalized spacial score (nSPS) is 16.2.